The van der Waals surface area contributed by atoms with Gasteiger partial charge in [-0.15, -0.1) is 0 Å². The number of aromatic nitrogens is 3. The number of benzene rings is 1. The fourth-order valence-electron chi connectivity index (χ4n) is 3.69. The zero-order valence-corrected chi connectivity index (χ0v) is 15.9. The number of likely N-dealkylation sites (tertiary alicyclic amines) is 1. The van der Waals surface area contributed by atoms with E-state index in [0.29, 0.717) is 11.6 Å². The lowest BCUT2D eigenvalue weighted by atomic mass is 9.93. The highest BCUT2D eigenvalue weighted by Gasteiger charge is 2.25. The molecule has 1 saturated heterocycles. The Labute approximate surface area is 159 Å². The highest BCUT2D eigenvalue weighted by atomic mass is 16.2. The van der Waals surface area contributed by atoms with Crippen molar-refractivity contribution >= 4 is 22.6 Å². The van der Waals surface area contributed by atoms with Gasteiger partial charge < -0.3 is 14.8 Å². The summed E-state index contributed by atoms with van der Waals surface area (Å²) < 4.78 is 0. The fraction of sp³-hybridized carbons (Fsp3) is 0.381. The number of carbonyl (C=O) groups excluding carboxylic acids is 1. The second-order valence-corrected chi connectivity index (χ2v) is 7.43. The zero-order chi connectivity index (χ0) is 18.8. The number of hydrogen-bond donors (Lipinski definition) is 1. The Morgan fingerprint density at radius 2 is 2.00 bits per heavy atom. The molecule has 1 aliphatic heterocycles. The number of para-hydroxylation sites is 2. The van der Waals surface area contributed by atoms with Crippen LogP contribution in [-0.2, 0) is 6.42 Å². The fourth-order valence-corrected chi connectivity index (χ4v) is 3.69. The summed E-state index contributed by atoms with van der Waals surface area (Å²) in [4.78, 5) is 29.1. The SMILES string of the molecule is CN(C)c1ccnc(C(=O)N2CCC(Cc3nc4ccccc4[nH]3)CC2)c1. The number of fused-ring (bicyclic) bond motifs is 1. The normalized spacial score (nSPS) is 15.3. The van der Waals surface area contributed by atoms with Crippen LogP contribution in [0.4, 0.5) is 5.69 Å². The monoisotopic (exact) mass is 363 g/mol. The lowest BCUT2D eigenvalue weighted by Gasteiger charge is -2.31. The number of H-pyrrole nitrogens is 1. The van der Waals surface area contributed by atoms with Gasteiger partial charge in [0.2, 0.25) is 0 Å². The molecule has 2 aromatic heterocycles. The quantitative estimate of drug-likeness (QED) is 0.773. The first-order valence-electron chi connectivity index (χ1n) is 9.46. The molecular formula is C21H25N5O. The number of anilines is 1. The molecule has 6 heteroatoms. The molecule has 0 saturated carbocycles. The average molecular weight is 363 g/mol. The van der Waals surface area contributed by atoms with Crippen LogP contribution in [0.15, 0.2) is 42.6 Å². The predicted octanol–water partition coefficient (Wildman–Crippen LogP) is 3.12. The molecule has 27 heavy (non-hydrogen) atoms. The molecule has 0 atom stereocenters. The molecule has 140 valence electrons. The van der Waals surface area contributed by atoms with Gasteiger partial charge in [-0.2, -0.15) is 0 Å². The topological polar surface area (TPSA) is 65.1 Å². The average Bonchev–Trinajstić information content (AvgIpc) is 3.10. The van der Waals surface area contributed by atoms with Crippen molar-refractivity contribution in [3.8, 4) is 0 Å². The molecule has 3 aromatic rings. The second kappa shape index (κ2) is 7.39. The summed E-state index contributed by atoms with van der Waals surface area (Å²) in [7, 11) is 3.93. The molecule has 1 amide bonds. The van der Waals surface area contributed by atoms with Crippen LogP contribution in [0.25, 0.3) is 11.0 Å². The van der Waals surface area contributed by atoms with Crippen molar-refractivity contribution in [2.24, 2.45) is 5.92 Å². The van der Waals surface area contributed by atoms with Crippen LogP contribution in [0.1, 0.15) is 29.2 Å². The number of pyridine rings is 1. The molecule has 0 spiro atoms. The maximum absolute atomic E-state index is 12.8. The Balaban J connectivity index is 1.37. The van der Waals surface area contributed by atoms with Crippen LogP contribution in [0.3, 0.4) is 0 Å². The Bertz CT molecular complexity index is 907. The Morgan fingerprint density at radius 1 is 1.22 bits per heavy atom. The number of nitrogens with one attached hydrogen (secondary N) is 1. The summed E-state index contributed by atoms with van der Waals surface area (Å²) >= 11 is 0. The van der Waals surface area contributed by atoms with Crippen molar-refractivity contribution in [1.29, 1.82) is 0 Å². The summed E-state index contributed by atoms with van der Waals surface area (Å²) in [5.41, 5.74) is 3.63. The molecule has 0 bridgehead atoms. The van der Waals surface area contributed by atoms with Gasteiger partial charge in [-0.05, 0) is 43.0 Å². The van der Waals surface area contributed by atoms with Crippen LogP contribution in [0.5, 0.6) is 0 Å². The highest BCUT2D eigenvalue weighted by molar-refractivity contribution is 5.93. The maximum atomic E-state index is 12.8. The second-order valence-electron chi connectivity index (χ2n) is 7.43. The number of aromatic amines is 1. The van der Waals surface area contributed by atoms with Crippen molar-refractivity contribution in [2.75, 3.05) is 32.1 Å². The van der Waals surface area contributed by atoms with E-state index in [1.54, 1.807) is 6.20 Å². The van der Waals surface area contributed by atoms with Crippen molar-refractivity contribution in [3.05, 3.63) is 54.1 Å². The van der Waals surface area contributed by atoms with Gasteiger partial charge in [0, 0.05) is 45.5 Å². The van der Waals surface area contributed by atoms with Crippen molar-refractivity contribution in [1.82, 2.24) is 19.9 Å². The first-order chi connectivity index (χ1) is 13.1. The zero-order valence-electron chi connectivity index (χ0n) is 15.9. The van der Waals surface area contributed by atoms with E-state index in [0.717, 1.165) is 54.9 Å². The van der Waals surface area contributed by atoms with Crippen molar-refractivity contribution in [2.45, 2.75) is 19.3 Å². The molecular weight excluding hydrogens is 338 g/mol. The lowest BCUT2D eigenvalue weighted by molar-refractivity contribution is 0.0684. The molecule has 6 nitrogen and oxygen atoms in total. The van der Waals surface area contributed by atoms with E-state index >= 15 is 0 Å². The van der Waals surface area contributed by atoms with E-state index in [2.05, 4.69) is 21.0 Å². The number of carbonyl (C=O) groups is 1. The summed E-state index contributed by atoms with van der Waals surface area (Å²) in [5, 5.41) is 0. The van der Waals surface area contributed by atoms with Crippen molar-refractivity contribution < 1.29 is 4.79 Å². The molecule has 1 aromatic carbocycles. The molecule has 0 unspecified atom stereocenters. The number of imidazole rings is 1. The van der Waals surface area contributed by atoms with Gasteiger partial charge in [-0.3, -0.25) is 9.78 Å². The Kier molecular flexibility index (Phi) is 4.79. The Hall–Kier alpha value is -2.89. The Morgan fingerprint density at radius 3 is 2.74 bits per heavy atom. The molecule has 0 aliphatic carbocycles. The predicted molar refractivity (Wildman–Crippen MR) is 107 cm³/mol. The van der Waals surface area contributed by atoms with Gasteiger partial charge >= 0.3 is 0 Å². The molecule has 1 aliphatic rings. The van der Waals surface area contributed by atoms with Gasteiger partial charge in [-0.1, -0.05) is 12.1 Å². The van der Waals surface area contributed by atoms with Gasteiger partial charge in [0.05, 0.1) is 11.0 Å². The minimum atomic E-state index is 0.0286. The number of piperidine rings is 1. The summed E-state index contributed by atoms with van der Waals surface area (Å²) in [6, 6.07) is 11.9. The van der Waals surface area contributed by atoms with Gasteiger partial charge in [0.25, 0.3) is 5.91 Å². The third-order valence-electron chi connectivity index (χ3n) is 5.30. The van der Waals surface area contributed by atoms with E-state index in [-0.39, 0.29) is 5.91 Å². The molecule has 1 fully saturated rings. The molecule has 0 radical (unpaired) electrons. The van der Waals surface area contributed by atoms with Crippen LogP contribution in [-0.4, -0.2) is 52.9 Å². The maximum Gasteiger partial charge on any atom is 0.272 e. The van der Waals surface area contributed by atoms with Crippen LogP contribution in [0, 0.1) is 5.92 Å². The van der Waals surface area contributed by atoms with Crippen molar-refractivity contribution in [3.63, 3.8) is 0 Å². The van der Waals surface area contributed by atoms with Crippen LogP contribution < -0.4 is 4.90 Å². The standard InChI is InChI=1S/C21H25N5O/c1-25(2)16-7-10-22-19(14-16)21(27)26-11-8-15(9-12-26)13-20-23-17-5-3-4-6-18(17)24-20/h3-7,10,14-15H,8-9,11-13H2,1-2H3,(H,23,24). The van der Waals surface area contributed by atoms with E-state index in [4.69, 9.17) is 0 Å². The summed E-state index contributed by atoms with van der Waals surface area (Å²) in [6.07, 6.45) is 4.63. The number of amides is 1. The lowest BCUT2D eigenvalue weighted by Crippen LogP contribution is -2.39. The third kappa shape index (κ3) is 3.79. The number of rotatable bonds is 4. The summed E-state index contributed by atoms with van der Waals surface area (Å²) in [5.74, 6) is 1.62. The first kappa shape index (κ1) is 17.5. The minimum absolute atomic E-state index is 0.0286. The first-order valence-corrected chi connectivity index (χ1v) is 9.46. The van der Waals surface area contributed by atoms with E-state index in [1.165, 1.54) is 0 Å². The number of hydrogen-bond acceptors (Lipinski definition) is 4. The largest absolute Gasteiger partial charge is 0.378 e. The van der Waals surface area contributed by atoms with Crippen LogP contribution in [0.2, 0.25) is 0 Å². The van der Waals surface area contributed by atoms with Gasteiger partial charge in [0.1, 0.15) is 11.5 Å². The van der Waals surface area contributed by atoms with E-state index < -0.39 is 0 Å². The highest BCUT2D eigenvalue weighted by Crippen LogP contribution is 2.23. The minimum Gasteiger partial charge on any atom is -0.378 e. The van der Waals surface area contributed by atoms with Crippen LogP contribution >= 0.6 is 0 Å². The molecule has 1 N–H and O–H groups in total. The third-order valence-corrected chi connectivity index (χ3v) is 5.30. The summed E-state index contributed by atoms with van der Waals surface area (Å²) in [6.45, 7) is 1.55. The van der Waals surface area contributed by atoms with Gasteiger partial charge in [0.15, 0.2) is 0 Å². The molecule has 4 rings (SSSR count). The van der Waals surface area contributed by atoms with E-state index in [1.807, 2.05) is 54.2 Å². The number of nitrogens with zero attached hydrogens (tertiary/aromatic N) is 4. The smallest absolute Gasteiger partial charge is 0.272 e. The van der Waals surface area contributed by atoms with Gasteiger partial charge in [-0.25, -0.2) is 4.98 Å². The molecule has 3 heterocycles. The van der Waals surface area contributed by atoms with E-state index in [9.17, 15) is 4.79 Å².